The highest BCUT2D eigenvalue weighted by Gasteiger charge is 2.26. The monoisotopic (exact) mass is 477 g/mol. The van der Waals surface area contributed by atoms with Crippen molar-refractivity contribution in [1.82, 2.24) is 20.5 Å². The van der Waals surface area contributed by atoms with Crippen LogP contribution in [0.5, 0.6) is 0 Å². The van der Waals surface area contributed by atoms with Crippen LogP contribution in [-0.2, 0) is 16.1 Å². The molecular weight excluding hydrogens is 450 g/mol. The summed E-state index contributed by atoms with van der Waals surface area (Å²) in [5, 5.41) is 5.99. The number of aromatic nitrogens is 1. The number of halogens is 1. The van der Waals surface area contributed by atoms with Crippen LogP contribution in [0.3, 0.4) is 0 Å². The first-order valence-electron chi connectivity index (χ1n) is 11.3. The summed E-state index contributed by atoms with van der Waals surface area (Å²) < 4.78 is 0. The van der Waals surface area contributed by atoms with Crippen molar-refractivity contribution in [3.05, 3.63) is 95.3 Å². The van der Waals surface area contributed by atoms with E-state index in [-0.39, 0.29) is 12.6 Å². The normalized spacial score (nSPS) is 14.9. The van der Waals surface area contributed by atoms with Crippen molar-refractivity contribution in [2.45, 2.75) is 12.6 Å². The standard InChI is InChI=1S/C26H28ClN5O2/c27-23-11-5-4-7-20(23)18-29-25(33)26(34)30-19-24(21-8-6-12-28-17-21)32-15-13-31(14-16-32)22-9-2-1-3-10-22/h1-12,17,24H,13-16,18-19H2,(H,29,33)(H,30,34)/t24-/m1/s1. The minimum Gasteiger partial charge on any atom is -0.369 e. The van der Waals surface area contributed by atoms with Crippen LogP contribution in [0.4, 0.5) is 5.69 Å². The van der Waals surface area contributed by atoms with Crippen molar-refractivity contribution in [2.24, 2.45) is 0 Å². The van der Waals surface area contributed by atoms with Gasteiger partial charge in [0.2, 0.25) is 0 Å². The molecule has 1 aliphatic rings. The van der Waals surface area contributed by atoms with E-state index in [0.717, 1.165) is 37.3 Å². The van der Waals surface area contributed by atoms with E-state index in [2.05, 4.69) is 37.6 Å². The maximum absolute atomic E-state index is 12.5. The van der Waals surface area contributed by atoms with E-state index in [1.165, 1.54) is 5.69 Å². The highest BCUT2D eigenvalue weighted by atomic mass is 35.5. The molecule has 1 aliphatic heterocycles. The summed E-state index contributed by atoms with van der Waals surface area (Å²) in [6.07, 6.45) is 3.55. The Morgan fingerprint density at radius 1 is 0.882 bits per heavy atom. The number of amides is 2. The first kappa shape index (κ1) is 23.7. The zero-order chi connectivity index (χ0) is 23.8. The SMILES string of the molecule is O=C(NCc1ccccc1Cl)C(=O)NC[C@H](c1cccnc1)N1CCN(c2ccccc2)CC1. The fourth-order valence-electron chi connectivity index (χ4n) is 4.13. The van der Waals surface area contributed by atoms with Gasteiger partial charge < -0.3 is 15.5 Å². The van der Waals surface area contributed by atoms with Gasteiger partial charge in [-0.25, -0.2) is 0 Å². The van der Waals surface area contributed by atoms with Crippen molar-refractivity contribution in [2.75, 3.05) is 37.6 Å². The van der Waals surface area contributed by atoms with Gasteiger partial charge in [-0.05, 0) is 35.4 Å². The number of benzene rings is 2. The lowest BCUT2D eigenvalue weighted by Crippen LogP contribution is -2.50. The molecule has 1 atom stereocenters. The molecule has 0 bridgehead atoms. The molecule has 0 aliphatic carbocycles. The molecule has 1 aromatic heterocycles. The van der Waals surface area contributed by atoms with Crippen molar-refractivity contribution in [1.29, 1.82) is 0 Å². The number of para-hydroxylation sites is 1. The summed E-state index contributed by atoms with van der Waals surface area (Å²) in [6, 6.07) is 21.4. The molecular formula is C26H28ClN5O2. The van der Waals surface area contributed by atoms with Crippen molar-refractivity contribution >= 4 is 29.1 Å². The van der Waals surface area contributed by atoms with E-state index in [1.807, 2.05) is 54.7 Å². The predicted octanol–water partition coefficient (Wildman–Crippen LogP) is 3.03. The molecule has 2 N–H and O–H groups in total. The van der Waals surface area contributed by atoms with Crippen LogP contribution in [0.25, 0.3) is 0 Å². The van der Waals surface area contributed by atoms with Crippen LogP contribution >= 0.6 is 11.6 Å². The molecule has 2 aromatic carbocycles. The van der Waals surface area contributed by atoms with Crippen LogP contribution in [0.1, 0.15) is 17.2 Å². The number of nitrogens with one attached hydrogen (secondary N) is 2. The van der Waals surface area contributed by atoms with E-state index in [1.54, 1.807) is 12.3 Å². The number of nitrogens with zero attached hydrogens (tertiary/aromatic N) is 3. The molecule has 0 spiro atoms. The average Bonchev–Trinajstić information content (AvgIpc) is 2.89. The van der Waals surface area contributed by atoms with Crippen molar-refractivity contribution in [3.63, 3.8) is 0 Å². The topological polar surface area (TPSA) is 77.6 Å². The van der Waals surface area contributed by atoms with Crippen LogP contribution in [0, 0.1) is 0 Å². The summed E-state index contributed by atoms with van der Waals surface area (Å²) in [4.78, 5) is 33.8. The van der Waals surface area contributed by atoms with Gasteiger partial charge in [0, 0.05) is 62.4 Å². The van der Waals surface area contributed by atoms with Crippen LogP contribution in [0.15, 0.2) is 79.1 Å². The third-order valence-corrected chi connectivity index (χ3v) is 6.37. The molecule has 0 radical (unpaired) electrons. The van der Waals surface area contributed by atoms with Gasteiger partial charge in [-0.15, -0.1) is 0 Å². The summed E-state index contributed by atoms with van der Waals surface area (Å²) in [5.41, 5.74) is 2.98. The molecule has 0 saturated carbocycles. The number of carbonyl (C=O) groups excluding carboxylic acids is 2. The fraction of sp³-hybridized carbons (Fsp3) is 0.269. The second-order valence-electron chi connectivity index (χ2n) is 8.14. The first-order valence-corrected chi connectivity index (χ1v) is 11.7. The second-order valence-corrected chi connectivity index (χ2v) is 8.55. The average molecular weight is 478 g/mol. The van der Waals surface area contributed by atoms with Gasteiger partial charge in [-0.1, -0.05) is 54.1 Å². The van der Waals surface area contributed by atoms with Gasteiger partial charge in [0.1, 0.15) is 0 Å². The van der Waals surface area contributed by atoms with Gasteiger partial charge in [0.05, 0.1) is 6.04 Å². The van der Waals surface area contributed by atoms with Crippen molar-refractivity contribution < 1.29 is 9.59 Å². The molecule has 176 valence electrons. The van der Waals surface area contributed by atoms with Gasteiger partial charge in [0.15, 0.2) is 0 Å². The molecule has 3 aromatic rings. The molecule has 7 nitrogen and oxygen atoms in total. The van der Waals surface area contributed by atoms with E-state index in [0.29, 0.717) is 11.6 Å². The summed E-state index contributed by atoms with van der Waals surface area (Å²) >= 11 is 6.13. The number of hydrogen-bond donors (Lipinski definition) is 2. The van der Waals surface area contributed by atoms with E-state index in [4.69, 9.17) is 11.6 Å². The molecule has 34 heavy (non-hydrogen) atoms. The van der Waals surface area contributed by atoms with Crippen LogP contribution in [-0.4, -0.2) is 54.4 Å². The highest BCUT2D eigenvalue weighted by Crippen LogP contribution is 2.23. The Balaban J connectivity index is 1.35. The van der Waals surface area contributed by atoms with Gasteiger partial charge in [-0.2, -0.15) is 0 Å². The Morgan fingerprint density at radius 3 is 2.29 bits per heavy atom. The quantitative estimate of drug-likeness (QED) is 0.511. The zero-order valence-electron chi connectivity index (χ0n) is 18.9. The van der Waals surface area contributed by atoms with Gasteiger partial charge in [0.25, 0.3) is 0 Å². The number of pyridine rings is 1. The number of rotatable bonds is 7. The third-order valence-electron chi connectivity index (χ3n) is 6.00. The molecule has 2 heterocycles. The molecule has 0 unspecified atom stereocenters. The second kappa shape index (κ2) is 11.6. The largest absolute Gasteiger partial charge is 0.369 e. The molecule has 4 rings (SSSR count). The molecule has 8 heteroatoms. The van der Waals surface area contributed by atoms with Crippen LogP contribution < -0.4 is 15.5 Å². The molecule has 1 saturated heterocycles. The van der Waals surface area contributed by atoms with Gasteiger partial charge in [-0.3, -0.25) is 19.5 Å². The molecule has 2 amide bonds. The maximum atomic E-state index is 12.5. The Kier molecular flexibility index (Phi) is 8.12. The number of anilines is 1. The van der Waals surface area contributed by atoms with Gasteiger partial charge >= 0.3 is 11.8 Å². The fourth-order valence-corrected chi connectivity index (χ4v) is 4.33. The lowest BCUT2D eigenvalue weighted by molar-refractivity contribution is -0.139. The minimum atomic E-state index is -0.682. The maximum Gasteiger partial charge on any atom is 0.309 e. The third kappa shape index (κ3) is 6.12. The smallest absolute Gasteiger partial charge is 0.309 e. The summed E-state index contributed by atoms with van der Waals surface area (Å²) in [5.74, 6) is -1.34. The summed E-state index contributed by atoms with van der Waals surface area (Å²) in [6.45, 7) is 3.95. The van der Waals surface area contributed by atoms with Crippen molar-refractivity contribution in [3.8, 4) is 0 Å². The van der Waals surface area contributed by atoms with E-state index < -0.39 is 11.8 Å². The van der Waals surface area contributed by atoms with E-state index >= 15 is 0 Å². The highest BCUT2D eigenvalue weighted by molar-refractivity contribution is 6.35. The van der Waals surface area contributed by atoms with Crippen LogP contribution in [0.2, 0.25) is 5.02 Å². The zero-order valence-corrected chi connectivity index (χ0v) is 19.6. The summed E-state index contributed by atoms with van der Waals surface area (Å²) in [7, 11) is 0. The van der Waals surface area contributed by atoms with E-state index in [9.17, 15) is 9.59 Å². The Hall–Kier alpha value is -3.42. The minimum absolute atomic E-state index is 0.0769. The Bertz CT molecular complexity index is 1090. The number of carbonyl (C=O) groups is 2. The Labute approximate surface area is 204 Å². The molecule has 1 fully saturated rings. The number of hydrogen-bond acceptors (Lipinski definition) is 5. The predicted molar refractivity (Wildman–Crippen MR) is 134 cm³/mol. The lowest BCUT2D eigenvalue weighted by atomic mass is 10.1. The lowest BCUT2D eigenvalue weighted by Gasteiger charge is -2.40. The number of piperazine rings is 1. The first-order chi connectivity index (χ1) is 16.6. The Morgan fingerprint density at radius 2 is 1.59 bits per heavy atom.